The van der Waals surface area contributed by atoms with Crippen molar-refractivity contribution in [1.82, 2.24) is 0 Å². The summed E-state index contributed by atoms with van der Waals surface area (Å²) in [6.45, 7) is 7.87. The smallest absolute Gasteiger partial charge is 0.000981 e. The summed E-state index contributed by atoms with van der Waals surface area (Å²) in [7, 11) is 0. The maximum atomic E-state index is 3.98. The first-order chi connectivity index (χ1) is 8.82. The quantitative estimate of drug-likeness (QED) is 0.621. The molecule has 0 heteroatoms. The van der Waals surface area contributed by atoms with Gasteiger partial charge in [-0.2, -0.15) is 0 Å². The minimum absolute atomic E-state index is 0.347. The van der Waals surface area contributed by atoms with E-state index in [9.17, 15) is 0 Å². The maximum Gasteiger partial charge on any atom is -0.000981 e. The molecule has 1 fully saturated rings. The zero-order valence-corrected chi connectivity index (χ0v) is 11.3. The van der Waals surface area contributed by atoms with Gasteiger partial charge >= 0.3 is 0 Å². The van der Waals surface area contributed by atoms with Crippen molar-refractivity contribution in [2.24, 2.45) is 0 Å². The second-order valence-corrected chi connectivity index (χ2v) is 5.48. The predicted octanol–water partition coefficient (Wildman–Crippen LogP) is 5.19. The molecule has 0 nitrogen and oxygen atoms in total. The highest BCUT2D eigenvalue weighted by Crippen LogP contribution is 2.43. The molecule has 0 unspecified atom stereocenters. The lowest BCUT2D eigenvalue weighted by molar-refractivity contribution is 0.293. The third kappa shape index (κ3) is 2.58. The van der Waals surface area contributed by atoms with E-state index in [2.05, 4.69) is 43.5 Å². The van der Waals surface area contributed by atoms with E-state index in [4.69, 9.17) is 0 Å². The highest BCUT2D eigenvalue weighted by molar-refractivity contribution is 5.36. The van der Waals surface area contributed by atoms with Crippen LogP contribution in [-0.4, -0.2) is 0 Å². The van der Waals surface area contributed by atoms with Crippen LogP contribution in [0.3, 0.4) is 0 Å². The Balaban J connectivity index is 2.40. The summed E-state index contributed by atoms with van der Waals surface area (Å²) < 4.78 is 0. The summed E-state index contributed by atoms with van der Waals surface area (Å²) in [5, 5.41) is 0. The van der Waals surface area contributed by atoms with Gasteiger partial charge in [0, 0.05) is 0 Å². The van der Waals surface area contributed by atoms with Crippen molar-refractivity contribution in [3.05, 3.63) is 60.7 Å². The Labute approximate surface area is 111 Å². The molecule has 0 saturated heterocycles. The third-order valence-corrected chi connectivity index (χ3v) is 4.30. The molecule has 1 aliphatic rings. The fourth-order valence-electron chi connectivity index (χ4n) is 3.46. The van der Waals surface area contributed by atoms with Crippen LogP contribution in [0.4, 0.5) is 0 Å². The van der Waals surface area contributed by atoms with E-state index in [0.717, 1.165) is 12.8 Å². The number of hydrogen-bond acceptors (Lipinski definition) is 0. The van der Waals surface area contributed by atoms with Crippen LogP contribution in [0.2, 0.25) is 0 Å². The van der Waals surface area contributed by atoms with Crippen LogP contribution in [0.1, 0.15) is 49.7 Å². The van der Waals surface area contributed by atoms with Gasteiger partial charge < -0.3 is 0 Å². The van der Waals surface area contributed by atoms with E-state index < -0.39 is 0 Å². The fourth-order valence-corrected chi connectivity index (χ4v) is 3.46. The molecule has 0 heterocycles. The molecule has 18 heavy (non-hydrogen) atoms. The largest absolute Gasteiger partial charge is 0.103 e. The lowest BCUT2D eigenvalue weighted by Gasteiger charge is -2.38. The van der Waals surface area contributed by atoms with Crippen LogP contribution in [0.5, 0.6) is 0 Å². The Morgan fingerprint density at radius 1 is 1.00 bits per heavy atom. The topological polar surface area (TPSA) is 0 Å². The fraction of sp³-hybridized carbons (Fsp3) is 0.444. The molecule has 0 spiro atoms. The lowest BCUT2D eigenvalue weighted by Crippen LogP contribution is -2.29. The summed E-state index contributed by atoms with van der Waals surface area (Å²) in [6, 6.07) is 8.91. The van der Waals surface area contributed by atoms with Crippen LogP contribution in [0, 0.1) is 0 Å². The second kappa shape index (κ2) is 6.04. The first kappa shape index (κ1) is 13.1. The predicted molar refractivity (Wildman–Crippen MR) is 79.9 cm³/mol. The van der Waals surface area contributed by atoms with Gasteiger partial charge in [-0.15, -0.1) is 13.2 Å². The molecular formula is C18H24. The summed E-state index contributed by atoms with van der Waals surface area (Å²) in [5.41, 5.74) is 3.35. The molecule has 1 aromatic rings. The summed E-state index contributed by atoms with van der Waals surface area (Å²) in [6.07, 6.45) is 12.9. The van der Waals surface area contributed by atoms with E-state index in [1.54, 1.807) is 5.56 Å². The van der Waals surface area contributed by atoms with Gasteiger partial charge in [0.25, 0.3) is 0 Å². The van der Waals surface area contributed by atoms with Crippen LogP contribution >= 0.6 is 0 Å². The highest BCUT2D eigenvalue weighted by atomic mass is 14.4. The monoisotopic (exact) mass is 240 g/mol. The number of allylic oxidation sites excluding steroid dienone is 2. The van der Waals surface area contributed by atoms with Crippen LogP contribution < -0.4 is 0 Å². The minimum Gasteiger partial charge on any atom is -0.103 e. The van der Waals surface area contributed by atoms with E-state index in [-0.39, 0.29) is 0 Å². The normalized spacial score (nSPS) is 18.2. The SMILES string of the molecule is C=CCc1ccccc1C1(CC=C)CCCCC1. The molecule has 0 N–H and O–H groups in total. The van der Waals surface area contributed by atoms with Crippen molar-refractivity contribution in [1.29, 1.82) is 0 Å². The van der Waals surface area contributed by atoms with Crippen molar-refractivity contribution in [2.45, 2.75) is 50.4 Å². The number of benzene rings is 1. The molecule has 0 aromatic heterocycles. The molecule has 0 atom stereocenters. The first-order valence-electron chi connectivity index (χ1n) is 7.12. The molecular weight excluding hydrogens is 216 g/mol. The van der Waals surface area contributed by atoms with Gasteiger partial charge in [-0.25, -0.2) is 0 Å². The zero-order valence-electron chi connectivity index (χ0n) is 11.3. The Kier molecular flexibility index (Phi) is 4.41. The Morgan fingerprint density at radius 2 is 1.72 bits per heavy atom. The van der Waals surface area contributed by atoms with Gasteiger partial charge in [0.05, 0.1) is 0 Å². The first-order valence-corrected chi connectivity index (χ1v) is 7.12. The molecule has 0 radical (unpaired) electrons. The van der Waals surface area contributed by atoms with Crippen molar-refractivity contribution in [3.8, 4) is 0 Å². The summed E-state index contributed by atoms with van der Waals surface area (Å²) >= 11 is 0. The lowest BCUT2D eigenvalue weighted by atomic mass is 9.66. The number of hydrogen-bond donors (Lipinski definition) is 0. The molecule has 1 aromatic carbocycles. The van der Waals surface area contributed by atoms with Crippen LogP contribution in [-0.2, 0) is 11.8 Å². The molecule has 0 aliphatic heterocycles. The van der Waals surface area contributed by atoms with Gasteiger partial charge in [-0.1, -0.05) is 55.7 Å². The minimum atomic E-state index is 0.347. The molecule has 0 amide bonds. The summed E-state index contributed by atoms with van der Waals surface area (Å²) in [4.78, 5) is 0. The second-order valence-electron chi connectivity index (χ2n) is 5.48. The summed E-state index contributed by atoms with van der Waals surface area (Å²) in [5.74, 6) is 0. The third-order valence-electron chi connectivity index (χ3n) is 4.30. The van der Waals surface area contributed by atoms with Gasteiger partial charge in [0.2, 0.25) is 0 Å². The molecule has 1 saturated carbocycles. The Morgan fingerprint density at radius 3 is 2.39 bits per heavy atom. The van der Waals surface area contributed by atoms with Crippen LogP contribution in [0.25, 0.3) is 0 Å². The van der Waals surface area contributed by atoms with Crippen molar-refractivity contribution in [3.63, 3.8) is 0 Å². The number of rotatable bonds is 5. The Bertz CT molecular complexity index is 408. The van der Waals surface area contributed by atoms with E-state index in [0.29, 0.717) is 5.41 Å². The standard InChI is InChI=1S/C18H24/c1-3-10-16-11-6-7-12-17(16)18(13-4-2)14-8-5-9-15-18/h3-4,6-7,11-12H,1-2,5,8-10,13-15H2. The van der Waals surface area contributed by atoms with Crippen molar-refractivity contribution >= 4 is 0 Å². The molecule has 2 rings (SSSR count). The van der Waals surface area contributed by atoms with Gasteiger partial charge in [-0.05, 0) is 42.2 Å². The van der Waals surface area contributed by atoms with Crippen molar-refractivity contribution < 1.29 is 0 Å². The Hall–Kier alpha value is -1.30. The van der Waals surface area contributed by atoms with Gasteiger partial charge in [0.15, 0.2) is 0 Å². The molecule has 0 bridgehead atoms. The van der Waals surface area contributed by atoms with Gasteiger partial charge in [0.1, 0.15) is 0 Å². The van der Waals surface area contributed by atoms with Crippen molar-refractivity contribution in [2.75, 3.05) is 0 Å². The van der Waals surface area contributed by atoms with Crippen LogP contribution in [0.15, 0.2) is 49.6 Å². The van der Waals surface area contributed by atoms with E-state index in [1.165, 1.54) is 37.7 Å². The zero-order chi connectivity index (χ0) is 12.8. The molecule has 1 aliphatic carbocycles. The average molecular weight is 240 g/mol. The highest BCUT2D eigenvalue weighted by Gasteiger charge is 2.33. The maximum absolute atomic E-state index is 3.98. The van der Waals surface area contributed by atoms with E-state index >= 15 is 0 Å². The van der Waals surface area contributed by atoms with Gasteiger partial charge in [-0.3, -0.25) is 0 Å². The van der Waals surface area contributed by atoms with E-state index in [1.807, 2.05) is 6.08 Å². The average Bonchev–Trinajstić information content (AvgIpc) is 2.41. The molecule has 96 valence electrons.